The van der Waals surface area contributed by atoms with Gasteiger partial charge in [0.15, 0.2) is 0 Å². The van der Waals surface area contributed by atoms with Crippen molar-refractivity contribution in [3.05, 3.63) is 107 Å². The average Bonchev–Trinajstić information content (AvgIpc) is 2.77. The highest BCUT2D eigenvalue weighted by molar-refractivity contribution is 5.92. The van der Waals surface area contributed by atoms with Crippen molar-refractivity contribution < 1.29 is 19.1 Å². The second kappa shape index (κ2) is 11.0. The summed E-state index contributed by atoms with van der Waals surface area (Å²) in [4.78, 5) is 24.7. The monoisotopic (exact) mass is 402 g/mol. The first-order valence-corrected chi connectivity index (χ1v) is 10.1. The molecule has 4 nitrogen and oxygen atoms in total. The van der Waals surface area contributed by atoms with E-state index in [0.29, 0.717) is 24.8 Å². The fourth-order valence-corrected chi connectivity index (χ4v) is 3.26. The lowest BCUT2D eigenvalue weighted by atomic mass is 9.98. The fourth-order valence-electron chi connectivity index (χ4n) is 3.26. The van der Waals surface area contributed by atoms with Gasteiger partial charge in [-0.2, -0.15) is 0 Å². The predicted octanol–water partition coefficient (Wildman–Crippen LogP) is 5.42. The molecule has 0 saturated heterocycles. The Bertz CT molecular complexity index is 965. The molecule has 0 aliphatic carbocycles. The molecule has 0 atom stereocenters. The van der Waals surface area contributed by atoms with Gasteiger partial charge in [-0.3, -0.25) is 4.79 Å². The summed E-state index contributed by atoms with van der Waals surface area (Å²) in [6.45, 7) is 2.41. The third-order valence-corrected chi connectivity index (χ3v) is 4.85. The Balaban J connectivity index is 1.52. The van der Waals surface area contributed by atoms with Crippen LogP contribution < -0.4 is 0 Å². The first-order chi connectivity index (χ1) is 14.6. The van der Waals surface area contributed by atoms with Crippen molar-refractivity contribution in [1.82, 2.24) is 0 Å². The molecule has 3 aromatic carbocycles. The maximum Gasteiger partial charge on any atom is 0.339 e. The van der Waals surface area contributed by atoms with E-state index in [4.69, 9.17) is 9.47 Å². The van der Waals surface area contributed by atoms with Gasteiger partial charge in [-0.1, -0.05) is 78.9 Å². The molecule has 0 spiro atoms. The maximum atomic E-state index is 12.7. The minimum Gasteiger partial charge on any atom is -0.461 e. The molecule has 0 bridgehead atoms. The number of hydrogen-bond donors (Lipinski definition) is 0. The van der Waals surface area contributed by atoms with E-state index in [1.165, 1.54) is 0 Å². The van der Waals surface area contributed by atoms with Gasteiger partial charge >= 0.3 is 11.9 Å². The molecule has 154 valence electrons. The Morgan fingerprint density at radius 3 is 1.97 bits per heavy atom. The predicted molar refractivity (Wildman–Crippen MR) is 116 cm³/mol. The summed E-state index contributed by atoms with van der Waals surface area (Å²) in [6, 6.07) is 25.0. The minimum atomic E-state index is -0.335. The van der Waals surface area contributed by atoms with Gasteiger partial charge in [-0.05, 0) is 42.0 Å². The van der Waals surface area contributed by atoms with E-state index in [0.717, 1.165) is 22.3 Å². The van der Waals surface area contributed by atoms with Gasteiger partial charge in [-0.25, -0.2) is 4.79 Å². The number of ether oxygens (including phenoxy) is 2. The fraction of sp³-hybridized carbons (Fsp3) is 0.231. The Labute approximate surface area is 177 Å². The molecular formula is C26H26O4. The van der Waals surface area contributed by atoms with E-state index < -0.39 is 0 Å². The van der Waals surface area contributed by atoms with Gasteiger partial charge in [0.1, 0.15) is 13.2 Å². The Morgan fingerprint density at radius 1 is 0.733 bits per heavy atom. The summed E-state index contributed by atoms with van der Waals surface area (Å²) in [5.74, 6) is -0.571. The van der Waals surface area contributed by atoms with Crippen LogP contribution in [0.3, 0.4) is 0 Å². The van der Waals surface area contributed by atoms with E-state index in [2.05, 4.69) is 0 Å². The first kappa shape index (κ1) is 21.3. The quantitative estimate of drug-likeness (QED) is 0.449. The van der Waals surface area contributed by atoms with Crippen molar-refractivity contribution in [3.63, 3.8) is 0 Å². The van der Waals surface area contributed by atoms with Crippen LogP contribution in [0.25, 0.3) is 0 Å². The highest BCUT2D eigenvalue weighted by atomic mass is 16.5. The van der Waals surface area contributed by atoms with Crippen molar-refractivity contribution in [2.45, 2.75) is 39.4 Å². The Hall–Kier alpha value is -3.40. The third-order valence-electron chi connectivity index (χ3n) is 4.85. The molecule has 0 unspecified atom stereocenters. The van der Waals surface area contributed by atoms with E-state index in [-0.39, 0.29) is 25.2 Å². The molecule has 0 heterocycles. The lowest BCUT2D eigenvalue weighted by molar-refractivity contribution is -0.145. The van der Waals surface area contributed by atoms with Crippen molar-refractivity contribution in [2.24, 2.45) is 0 Å². The summed E-state index contributed by atoms with van der Waals surface area (Å²) < 4.78 is 10.8. The van der Waals surface area contributed by atoms with Crippen molar-refractivity contribution >= 4 is 11.9 Å². The van der Waals surface area contributed by atoms with Crippen LogP contribution in [0.1, 0.15) is 45.5 Å². The molecule has 0 aromatic heterocycles. The average molecular weight is 402 g/mol. The second-order valence-corrected chi connectivity index (χ2v) is 7.17. The van der Waals surface area contributed by atoms with Crippen LogP contribution in [-0.4, -0.2) is 11.9 Å². The molecule has 0 N–H and O–H groups in total. The summed E-state index contributed by atoms with van der Waals surface area (Å²) >= 11 is 0. The SMILES string of the molecule is Cc1cccc(CCCC(=O)OCc2ccccc2)c1C(=O)OCc1ccccc1. The smallest absolute Gasteiger partial charge is 0.339 e. The van der Waals surface area contributed by atoms with E-state index in [1.807, 2.05) is 85.8 Å². The first-order valence-electron chi connectivity index (χ1n) is 10.1. The zero-order valence-electron chi connectivity index (χ0n) is 17.2. The van der Waals surface area contributed by atoms with E-state index in [1.54, 1.807) is 0 Å². The van der Waals surface area contributed by atoms with E-state index >= 15 is 0 Å². The summed E-state index contributed by atoms with van der Waals surface area (Å²) in [7, 11) is 0. The summed E-state index contributed by atoms with van der Waals surface area (Å²) in [5.41, 5.74) is 4.27. The van der Waals surface area contributed by atoms with Crippen LogP contribution in [0, 0.1) is 6.92 Å². The molecule has 0 aliphatic heterocycles. The number of aryl methyl sites for hydroxylation is 2. The lowest BCUT2D eigenvalue weighted by Gasteiger charge is -2.12. The molecule has 30 heavy (non-hydrogen) atoms. The topological polar surface area (TPSA) is 52.6 Å². The molecule has 0 fully saturated rings. The van der Waals surface area contributed by atoms with Crippen molar-refractivity contribution in [3.8, 4) is 0 Å². The summed E-state index contributed by atoms with van der Waals surface area (Å²) in [6.07, 6.45) is 1.52. The lowest BCUT2D eigenvalue weighted by Crippen LogP contribution is -2.11. The van der Waals surface area contributed by atoms with Crippen LogP contribution in [0.15, 0.2) is 78.9 Å². The maximum absolute atomic E-state index is 12.7. The number of esters is 2. The molecule has 0 radical (unpaired) electrons. The molecule has 3 aromatic rings. The number of carbonyl (C=O) groups is 2. The van der Waals surface area contributed by atoms with Crippen LogP contribution in [0.4, 0.5) is 0 Å². The molecule has 3 rings (SSSR count). The molecule has 0 aliphatic rings. The van der Waals surface area contributed by atoms with Crippen LogP contribution in [-0.2, 0) is 33.9 Å². The number of rotatable bonds is 9. The highest BCUT2D eigenvalue weighted by Crippen LogP contribution is 2.19. The van der Waals surface area contributed by atoms with Crippen LogP contribution in [0.2, 0.25) is 0 Å². The molecular weight excluding hydrogens is 376 g/mol. The van der Waals surface area contributed by atoms with Gasteiger partial charge in [0.2, 0.25) is 0 Å². The molecule has 0 saturated carbocycles. The van der Waals surface area contributed by atoms with Crippen LogP contribution >= 0.6 is 0 Å². The summed E-state index contributed by atoms with van der Waals surface area (Å²) in [5, 5.41) is 0. The number of carbonyl (C=O) groups excluding carboxylic acids is 2. The van der Waals surface area contributed by atoms with Gasteiger partial charge in [-0.15, -0.1) is 0 Å². The van der Waals surface area contributed by atoms with E-state index in [9.17, 15) is 9.59 Å². The molecule has 4 heteroatoms. The van der Waals surface area contributed by atoms with Gasteiger partial charge in [0.05, 0.1) is 5.56 Å². The zero-order valence-corrected chi connectivity index (χ0v) is 17.2. The largest absolute Gasteiger partial charge is 0.461 e. The van der Waals surface area contributed by atoms with Gasteiger partial charge < -0.3 is 9.47 Å². The normalized spacial score (nSPS) is 10.4. The number of benzene rings is 3. The van der Waals surface area contributed by atoms with Gasteiger partial charge in [0.25, 0.3) is 0 Å². The standard InChI is InChI=1S/C26H26O4/c1-20-10-8-15-23(25(20)26(28)30-19-22-13-6-3-7-14-22)16-9-17-24(27)29-18-21-11-4-2-5-12-21/h2-8,10-15H,9,16-19H2,1H3. The highest BCUT2D eigenvalue weighted by Gasteiger charge is 2.16. The van der Waals surface area contributed by atoms with Crippen molar-refractivity contribution in [1.29, 1.82) is 0 Å². The molecule has 0 amide bonds. The second-order valence-electron chi connectivity index (χ2n) is 7.17. The minimum absolute atomic E-state index is 0.235. The van der Waals surface area contributed by atoms with Crippen molar-refractivity contribution in [2.75, 3.05) is 0 Å². The number of hydrogen-bond acceptors (Lipinski definition) is 4. The van der Waals surface area contributed by atoms with Gasteiger partial charge in [0, 0.05) is 6.42 Å². The Morgan fingerprint density at radius 2 is 1.33 bits per heavy atom. The van der Waals surface area contributed by atoms with Crippen LogP contribution in [0.5, 0.6) is 0 Å². The zero-order chi connectivity index (χ0) is 21.2. The third kappa shape index (κ3) is 6.31. The Kier molecular flexibility index (Phi) is 7.78.